The molecule has 1 heterocycles. The highest BCUT2D eigenvalue weighted by molar-refractivity contribution is 6.13. The lowest BCUT2D eigenvalue weighted by Crippen LogP contribution is -1.88. The summed E-state index contributed by atoms with van der Waals surface area (Å²) >= 11 is 0. The van der Waals surface area contributed by atoms with E-state index in [9.17, 15) is 0 Å². The summed E-state index contributed by atoms with van der Waals surface area (Å²) in [5.74, 6) is 0.749. The van der Waals surface area contributed by atoms with Gasteiger partial charge in [-0.2, -0.15) is 0 Å². The van der Waals surface area contributed by atoms with Crippen molar-refractivity contribution >= 4 is 21.5 Å². The molecule has 0 aliphatic heterocycles. The smallest absolute Gasteiger partial charge is 0.159 e. The molecule has 0 spiro atoms. The average Bonchev–Trinajstić information content (AvgIpc) is 2.74. The van der Waals surface area contributed by atoms with Gasteiger partial charge in [0.2, 0.25) is 0 Å². The molecule has 0 fully saturated rings. The van der Waals surface area contributed by atoms with Gasteiger partial charge in [-0.25, -0.2) is 9.97 Å². The molecule has 2 heteroatoms. The first kappa shape index (κ1) is 14.8. The minimum Gasteiger partial charge on any atom is -0.237 e. The van der Waals surface area contributed by atoms with Crippen LogP contribution in [-0.2, 0) is 0 Å². The summed E-state index contributed by atoms with van der Waals surface area (Å²) in [5.41, 5.74) is 3.44. The summed E-state index contributed by atoms with van der Waals surface area (Å²) < 4.78 is 0. The van der Waals surface area contributed by atoms with Gasteiger partial charge in [0, 0.05) is 18.0 Å². The van der Waals surface area contributed by atoms with Crippen LogP contribution in [0.2, 0.25) is 0 Å². The van der Waals surface area contributed by atoms with Gasteiger partial charge >= 0.3 is 0 Å². The van der Waals surface area contributed by atoms with Crippen molar-refractivity contribution < 1.29 is 0 Å². The minimum absolute atomic E-state index is 0.749. The van der Waals surface area contributed by atoms with Crippen LogP contribution in [0, 0.1) is 0 Å². The molecule has 0 aliphatic rings. The van der Waals surface area contributed by atoms with Gasteiger partial charge in [0.25, 0.3) is 0 Å². The van der Waals surface area contributed by atoms with E-state index in [-0.39, 0.29) is 0 Å². The van der Waals surface area contributed by atoms with E-state index in [1.54, 1.807) is 12.4 Å². The Bertz CT molecular complexity index is 1230. The summed E-state index contributed by atoms with van der Waals surface area (Å²) in [7, 11) is 0. The van der Waals surface area contributed by atoms with Gasteiger partial charge in [-0.1, -0.05) is 66.7 Å². The Hall–Kier alpha value is -3.52. The lowest BCUT2D eigenvalue weighted by Gasteiger charge is -2.12. The molecule has 1 aromatic heterocycles. The van der Waals surface area contributed by atoms with Gasteiger partial charge in [-0.05, 0) is 50.9 Å². The Morgan fingerprint density at radius 2 is 1.19 bits per heavy atom. The van der Waals surface area contributed by atoms with Crippen molar-refractivity contribution in [3.8, 4) is 22.5 Å². The SMILES string of the molecule is c1cnc(-c2cccc(-c3cc4ccccc4c4ccccc34)c2)nc1. The number of rotatable bonds is 2. The zero-order valence-corrected chi connectivity index (χ0v) is 14.1. The fourth-order valence-electron chi connectivity index (χ4n) is 3.57. The molecule has 0 aliphatic carbocycles. The Morgan fingerprint density at radius 1 is 0.500 bits per heavy atom. The molecule has 5 aromatic rings. The van der Waals surface area contributed by atoms with Gasteiger partial charge in [0.15, 0.2) is 5.82 Å². The van der Waals surface area contributed by atoms with Crippen LogP contribution in [0.25, 0.3) is 44.1 Å². The number of benzene rings is 4. The minimum atomic E-state index is 0.749. The summed E-state index contributed by atoms with van der Waals surface area (Å²) in [6.45, 7) is 0. The Labute approximate surface area is 151 Å². The van der Waals surface area contributed by atoms with Crippen LogP contribution in [0.1, 0.15) is 0 Å². The van der Waals surface area contributed by atoms with Crippen LogP contribution in [-0.4, -0.2) is 9.97 Å². The number of aromatic nitrogens is 2. The van der Waals surface area contributed by atoms with E-state index in [1.807, 2.05) is 6.07 Å². The summed E-state index contributed by atoms with van der Waals surface area (Å²) in [4.78, 5) is 8.77. The molecule has 0 saturated carbocycles. The van der Waals surface area contributed by atoms with E-state index in [0.717, 1.165) is 11.4 Å². The van der Waals surface area contributed by atoms with Crippen molar-refractivity contribution in [1.29, 1.82) is 0 Å². The molecular weight excluding hydrogens is 316 g/mol. The number of hydrogen-bond donors (Lipinski definition) is 0. The van der Waals surface area contributed by atoms with Crippen molar-refractivity contribution in [2.45, 2.75) is 0 Å². The second-order valence-electron chi connectivity index (χ2n) is 6.34. The van der Waals surface area contributed by atoms with Gasteiger partial charge in [-0.3, -0.25) is 0 Å². The van der Waals surface area contributed by atoms with Crippen LogP contribution in [0.15, 0.2) is 97.3 Å². The van der Waals surface area contributed by atoms with Crippen LogP contribution in [0.5, 0.6) is 0 Å². The highest BCUT2D eigenvalue weighted by atomic mass is 14.8. The normalized spacial score (nSPS) is 11.1. The monoisotopic (exact) mass is 332 g/mol. The fraction of sp³-hybridized carbons (Fsp3) is 0. The van der Waals surface area contributed by atoms with Crippen LogP contribution in [0.3, 0.4) is 0 Å². The fourth-order valence-corrected chi connectivity index (χ4v) is 3.57. The van der Waals surface area contributed by atoms with Gasteiger partial charge in [0.1, 0.15) is 0 Å². The Balaban J connectivity index is 1.79. The quantitative estimate of drug-likeness (QED) is 0.364. The Kier molecular flexibility index (Phi) is 3.46. The molecule has 0 bridgehead atoms. The second kappa shape index (κ2) is 6.08. The van der Waals surface area contributed by atoms with E-state index < -0.39 is 0 Å². The third kappa shape index (κ3) is 2.44. The van der Waals surface area contributed by atoms with E-state index in [1.165, 1.54) is 32.7 Å². The highest BCUT2D eigenvalue weighted by Gasteiger charge is 2.09. The zero-order valence-electron chi connectivity index (χ0n) is 14.1. The molecular formula is C24H16N2. The Morgan fingerprint density at radius 3 is 2.04 bits per heavy atom. The number of nitrogens with zero attached hydrogens (tertiary/aromatic N) is 2. The van der Waals surface area contributed by atoms with Crippen molar-refractivity contribution in [1.82, 2.24) is 9.97 Å². The third-order valence-corrected chi connectivity index (χ3v) is 4.77. The molecule has 0 amide bonds. The van der Waals surface area contributed by atoms with Crippen LogP contribution >= 0.6 is 0 Å². The van der Waals surface area contributed by atoms with Gasteiger partial charge < -0.3 is 0 Å². The molecule has 122 valence electrons. The first-order chi connectivity index (χ1) is 12.9. The molecule has 5 rings (SSSR count). The van der Waals surface area contributed by atoms with E-state index in [2.05, 4.69) is 88.8 Å². The number of fused-ring (bicyclic) bond motifs is 3. The van der Waals surface area contributed by atoms with E-state index in [0.29, 0.717) is 0 Å². The number of hydrogen-bond acceptors (Lipinski definition) is 2. The maximum atomic E-state index is 4.38. The maximum absolute atomic E-state index is 4.38. The molecule has 26 heavy (non-hydrogen) atoms. The van der Waals surface area contributed by atoms with Gasteiger partial charge in [-0.15, -0.1) is 0 Å². The summed E-state index contributed by atoms with van der Waals surface area (Å²) in [6.07, 6.45) is 3.56. The first-order valence-electron chi connectivity index (χ1n) is 8.68. The second-order valence-corrected chi connectivity index (χ2v) is 6.34. The first-order valence-corrected chi connectivity index (χ1v) is 8.68. The highest BCUT2D eigenvalue weighted by Crippen LogP contribution is 2.35. The molecule has 0 unspecified atom stereocenters. The van der Waals surface area contributed by atoms with Gasteiger partial charge in [0.05, 0.1) is 0 Å². The standard InChI is InChI=1S/C24H16N2/c1-2-10-20-18(7-1)16-23(22-12-4-3-11-21(20)22)17-8-5-9-19(15-17)24-25-13-6-14-26-24/h1-16H. The third-order valence-electron chi connectivity index (χ3n) is 4.77. The van der Waals surface area contributed by atoms with Crippen molar-refractivity contribution in [3.05, 3.63) is 97.3 Å². The van der Waals surface area contributed by atoms with Crippen molar-refractivity contribution in [3.63, 3.8) is 0 Å². The molecule has 0 saturated heterocycles. The molecule has 0 N–H and O–H groups in total. The average molecular weight is 332 g/mol. The summed E-state index contributed by atoms with van der Waals surface area (Å²) in [6, 6.07) is 29.7. The van der Waals surface area contributed by atoms with Crippen molar-refractivity contribution in [2.24, 2.45) is 0 Å². The predicted octanol–water partition coefficient (Wildman–Crippen LogP) is 6.12. The topological polar surface area (TPSA) is 25.8 Å². The van der Waals surface area contributed by atoms with Crippen molar-refractivity contribution in [2.75, 3.05) is 0 Å². The van der Waals surface area contributed by atoms with E-state index >= 15 is 0 Å². The largest absolute Gasteiger partial charge is 0.237 e. The zero-order chi connectivity index (χ0) is 17.3. The molecule has 2 nitrogen and oxygen atoms in total. The lowest BCUT2D eigenvalue weighted by atomic mass is 9.92. The molecule has 0 radical (unpaired) electrons. The predicted molar refractivity (Wildman–Crippen MR) is 108 cm³/mol. The van der Waals surface area contributed by atoms with Crippen LogP contribution < -0.4 is 0 Å². The maximum Gasteiger partial charge on any atom is 0.159 e. The van der Waals surface area contributed by atoms with E-state index in [4.69, 9.17) is 0 Å². The molecule has 0 atom stereocenters. The lowest BCUT2D eigenvalue weighted by molar-refractivity contribution is 1.18. The molecule has 4 aromatic carbocycles. The summed E-state index contributed by atoms with van der Waals surface area (Å²) in [5, 5.41) is 5.08. The van der Waals surface area contributed by atoms with Crippen LogP contribution in [0.4, 0.5) is 0 Å².